The van der Waals surface area contributed by atoms with Crippen LogP contribution in [0.25, 0.3) is 0 Å². The summed E-state index contributed by atoms with van der Waals surface area (Å²) in [5.74, 6) is 0.750. The van der Waals surface area contributed by atoms with Gasteiger partial charge in [0.05, 0.1) is 18.1 Å². The van der Waals surface area contributed by atoms with Crippen LogP contribution in [0, 0.1) is 6.92 Å². The molecular formula is C15H18N4O3S. The normalized spacial score (nSPS) is 15.4. The standard InChI is InChI=1S/C15H18N4O3S/c1-12-2-4-13(5-3-12)23(20,21)18-15-16-7-6-14(17-15)19-8-10-22-11-9-19/h2-7H,8-11H2,1H3,(H,16,17,18). The van der Waals surface area contributed by atoms with Gasteiger partial charge in [-0.1, -0.05) is 17.7 Å². The zero-order chi connectivity index (χ0) is 16.3. The number of aryl methyl sites for hydroxylation is 1. The molecule has 8 heteroatoms. The number of hydrogen-bond acceptors (Lipinski definition) is 6. The summed E-state index contributed by atoms with van der Waals surface area (Å²) in [4.78, 5) is 10.5. The monoisotopic (exact) mass is 334 g/mol. The number of anilines is 2. The highest BCUT2D eigenvalue weighted by molar-refractivity contribution is 7.92. The molecule has 3 rings (SSSR count). The van der Waals surface area contributed by atoms with Crippen molar-refractivity contribution in [2.45, 2.75) is 11.8 Å². The van der Waals surface area contributed by atoms with Crippen molar-refractivity contribution < 1.29 is 13.2 Å². The lowest BCUT2D eigenvalue weighted by atomic mass is 10.2. The molecule has 0 spiro atoms. The summed E-state index contributed by atoms with van der Waals surface area (Å²) in [6.07, 6.45) is 1.55. The molecule has 0 amide bonds. The molecule has 23 heavy (non-hydrogen) atoms. The molecule has 1 aromatic heterocycles. The van der Waals surface area contributed by atoms with Gasteiger partial charge in [0, 0.05) is 19.3 Å². The molecule has 1 N–H and O–H groups in total. The number of aromatic nitrogens is 2. The minimum Gasteiger partial charge on any atom is -0.378 e. The van der Waals surface area contributed by atoms with Gasteiger partial charge in [-0.15, -0.1) is 0 Å². The average Bonchev–Trinajstić information content (AvgIpc) is 2.56. The second kappa shape index (κ2) is 6.51. The Labute approximate surface area is 135 Å². The van der Waals surface area contributed by atoms with Crippen molar-refractivity contribution in [3.8, 4) is 0 Å². The molecule has 1 fully saturated rings. The van der Waals surface area contributed by atoms with Crippen LogP contribution < -0.4 is 9.62 Å². The van der Waals surface area contributed by atoms with E-state index >= 15 is 0 Å². The van der Waals surface area contributed by atoms with Crippen LogP contribution in [0.4, 0.5) is 11.8 Å². The van der Waals surface area contributed by atoms with E-state index in [2.05, 4.69) is 14.7 Å². The first kappa shape index (κ1) is 15.7. The van der Waals surface area contributed by atoms with E-state index in [9.17, 15) is 8.42 Å². The first-order chi connectivity index (χ1) is 11.0. The largest absolute Gasteiger partial charge is 0.378 e. The summed E-state index contributed by atoms with van der Waals surface area (Å²) in [5, 5.41) is 0. The molecule has 0 unspecified atom stereocenters. The molecule has 122 valence electrons. The van der Waals surface area contributed by atoms with Crippen molar-refractivity contribution in [2.24, 2.45) is 0 Å². The summed E-state index contributed by atoms with van der Waals surface area (Å²) in [6.45, 7) is 4.62. The van der Waals surface area contributed by atoms with Crippen molar-refractivity contribution in [3.05, 3.63) is 42.1 Å². The second-order valence-corrected chi connectivity index (χ2v) is 6.94. The molecule has 0 saturated carbocycles. The minimum atomic E-state index is -3.70. The molecule has 1 aliphatic heterocycles. The number of nitrogens with zero attached hydrogens (tertiary/aromatic N) is 3. The highest BCUT2D eigenvalue weighted by Crippen LogP contribution is 2.17. The first-order valence-corrected chi connectivity index (χ1v) is 8.78. The highest BCUT2D eigenvalue weighted by Gasteiger charge is 2.17. The Balaban J connectivity index is 1.80. The molecule has 1 saturated heterocycles. The summed E-state index contributed by atoms with van der Waals surface area (Å²) in [7, 11) is -3.70. The van der Waals surface area contributed by atoms with E-state index in [-0.39, 0.29) is 10.8 Å². The zero-order valence-electron chi connectivity index (χ0n) is 12.8. The van der Waals surface area contributed by atoms with Gasteiger partial charge in [0.1, 0.15) is 5.82 Å². The van der Waals surface area contributed by atoms with Gasteiger partial charge in [-0.3, -0.25) is 0 Å². The molecule has 0 bridgehead atoms. The number of rotatable bonds is 4. The maximum absolute atomic E-state index is 12.4. The maximum Gasteiger partial charge on any atom is 0.264 e. The Morgan fingerprint density at radius 3 is 2.52 bits per heavy atom. The molecule has 2 heterocycles. The van der Waals surface area contributed by atoms with Crippen LogP contribution in [0.1, 0.15) is 5.56 Å². The third-order valence-corrected chi connectivity index (χ3v) is 4.88. The summed E-state index contributed by atoms with van der Waals surface area (Å²) >= 11 is 0. The molecule has 0 radical (unpaired) electrons. The van der Waals surface area contributed by atoms with E-state index in [0.29, 0.717) is 19.0 Å². The highest BCUT2D eigenvalue weighted by atomic mass is 32.2. The number of hydrogen-bond donors (Lipinski definition) is 1. The van der Waals surface area contributed by atoms with Crippen LogP contribution in [-0.2, 0) is 14.8 Å². The lowest BCUT2D eigenvalue weighted by molar-refractivity contribution is 0.122. The molecule has 2 aromatic rings. The van der Waals surface area contributed by atoms with Gasteiger partial charge in [-0.25, -0.2) is 18.1 Å². The van der Waals surface area contributed by atoms with Crippen molar-refractivity contribution >= 4 is 21.8 Å². The molecule has 7 nitrogen and oxygen atoms in total. The molecular weight excluding hydrogens is 316 g/mol. The van der Waals surface area contributed by atoms with E-state index in [0.717, 1.165) is 18.7 Å². The Bertz CT molecular complexity index is 772. The SMILES string of the molecule is Cc1ccc(S(=O)(=O)Nc2nccc(N3CCOCC3)n2)cc1. The Hall–Kier alpha value is -2.19. The van der Waals surface area contributed by atoms with Gasteiger partial charge >= 0.3 is 0 Å². The van der Waals surface area contributed by atoms with Crippen LogP contribution in [0.15, 0.2) is 41.4 Å². The van der Waals surface area contributed by atoms with E-state index in [1.54, 1.807) is 36.5 Å². The lowest BCUT2D eigenvalue weighted by Gasteiger charge is -2.27. The summed E-state index contributed by atoms with van der Waals surface area (Å²) in [5.41, 5.74) is 0.995. The van der Waals surface area contributed by atoms with Crippen molar-refractivity contribution in [2.75, 3.05) is 35.9 Å². The molecule has 0 atom stereocenters. The summed E-state index contributed by atoms with van der Waals surface area (Å²) in [6, 6.07) is 8.38. The Morgan fingerprint density at radius 1 is 1.13 bits per heavy atom. The van der Waals surface area contributed by atoms with E-state index in [4.69, 9.17) is 4.74 Å². The van der Waals surface area contributed by atoms with Crippen molar-refractivity contribution in [3.63, 3.8) is 0 Å². The lowest BCUT2D eigenvalue weighted by Crippen LogP contribution is -2.36. The topological polar surface area (TPSA) is 84.4 Å². The second-order valence-electron chi connectivity index (χ2n) is 5.26. The van der Waals surface area contributed by atoms with Gasteiger partial charge in [0.2, 0.25) is 5.95 Å². The van der Waals surface area contributed by atoms with Gasteiger partial charge in [0.25, 0.3) is 10.0 Å². The van der Waals surface area contributed by atoms with Crippen LogP contribution in [-0.4, -0.2) is 44.7 Å². The number of morpholine rings is 1. The molecule has 1 aromatic carbocycles. The van der Waals surface area contributed by atoms with Gasteiger partial charge in [0.15, 0.2) is 0 Å². The number of nitrogens with one attached hydrogen (secondary N) is 1. The molecule has 0 aliphatic carbocycles. The van der Waals surface area contributed by atoms with Crippen LogP contribution in [0.2, 0.25) is 0 Å². The minimum absolute atomic E-state index is 0.0644. The van der Waals surface area contributed by atoms with Gasteiger partial charge < -0.3 is 9.64 Å². The predicted molar refractivity (Wildman–Crippen MR) is 87.1 cm³/mol. The Morgan fingerprint density at radius 2 is 1.83 bits per heavy atom. The zero-order valence-corrected chi connectivity index (χ0v) is 13.6. The van der Waals surface area contributed by atoms with E-state index < -0.39 is 10.0 Å². The quantitative estimate of drug-likeness (QED) is 0.910. The first-order valence-electron chi connectivity index (χ1n) is 7.30. The Kier molecular flexibility index (Phi) is 4.44. The fourth-order valence-electron chi connectivity index (χ4n) is 2.26. The van der Waals surface area contributed by atoms with Crippen LogP contribution in [0.3, 0.4) is 0 Å². The van der Waals surface area contributed by atoms with E-state index in [1.165, 1.54) is 0 Å². The van der Waals surface area contributed by atoms with Gasteiger partial charge in [-0.05, 0) is 25.1 Å². The third kappa shape index (κ3) is 3.77. The predicted octanol–water partition coefficient (Wildman–Crippen LogP) is 1.42. The average molecular weight is 334 g/mol. The van der Waals surface area contributed by atoms with Gasteiger partial charge in [-0.2, -0.15) is 4.98 Å². The fourth-order valence-corrected chi connectivity index (χ4v) is 3.21. The van der Waals surface area contributed by atoms with Crippen LogP contribution >= 0.6 is 0 Å². The van der Waals surface area contributed by atoms with Crippen molar-refractivity contribution in [1.29, 1.82) is 0 Å². The van der Waals surface area contributed by atoms with E-state index in [1.807, 2.05) is 11.8 Å². The van der Waals surface area contributed by atoms with Crippen LogP contribution in [0.5, 0.6) is 0 Å². The summed E-state index contributed by atoms with van der Waals surface area (Å²) < 4.78 is 32.5. The van der Waals surface area contributed by atoms with Crippen molar-refractivity contribution in [1.82, 2.24) is 9.97 Å². The third-order valence-electron chi connectivity index (χ3n) is 3.53. The number of ether oxygens (including phenoxy) is 1. The smallest absolute Gasteiger partial charge is 0.264 e. The fraction of sp³-hybridized carbons (Fsp3) is 0.333. The number of sulfonamides is 1. The molecule has 1 aliphatic rings. The maximum atomic E-state index is 12.4. The number of benzene rings is 1.